The minimum absolute atomic E-state index is 0.0000246. The lowest BCUT2D eigenvalue weighted by Gasteiger charge is -2.43. The number of amides is 1. The molecule has 1 aliphatic rings. The standard InChI is InChI=1S/C13H25N3O2/c1-5-13(4,11(14)15-18)12(17)16-9(2)7-6-8-10(16)3/h9-10,18H,5-8H2,1-4H3,(H2,14,15)/t9-,10+,13?. The van der Waals surface area contributed by atoms with Crippen molar-refractivity contribution in [2.45, 2.75) is 65.5 Å². The largest absolute Gasteiger partial charge is 0.409 e. The Hall–Kier alpha value is -1.26. The fourth-order valence-electron chi connectivity index (χ4n) is 2.66. The summed E-state index contributed by atoms with van der Waals surface area (Å²) in [5, 5.41) is 11.9. The van der Waals surface area contributed by atoms with Crippen LogP contribution < -0.4 is 5.73 Å². The predicted molar refractivity (Wildman–Crippen MR) is 71.4 cm³/mol. The van der Waals surface area contributed by atoms with Crippen LogP contribution in [0.2, 0.25) is 0 Å². The first-order valence-electron chi connectivity index (χ1n) is 6.69. The Morgan fingerprint density at radius 1 is 1.44 bits per heavy atom. The molecule has 0 aliphatic carbocycles. The molecule has 1 heterocycles. The first-order valence-corrected chi connectivity index (χ1v) is 6.69. The number of hydrogen-bond donors (Lipinski definition) is 2. The summed E-state index contributed by atoms with van der Waals surface area (Å²) in [6, 6.07) is 0.442. The fourth-order valence-corrected chi connectivity index (χ4v) is 2.66. The Bertz CT molecular complexity index is 333. The van der Waals surface area contributed by atoms with Gasteiger partial charge in [0.2, 0.25) is 5.91 Å². The summed E-state index contributed by atoms with van der Waals surface area (Å²) in [5.74, 6) is -0.0278. The molecular formula is C13H25N3O2. The molecule has 1 amide bonds. The van der Waals surface area contributed by atoms with Crippen LogP contribution in [0.4, 0.5) is 0 Å². The maximum absolute atomic E-state index is 12.7. The predicted octanol–water partition coefficient (Wildman–Crippen LogP) is 1.94. The highest BCUT2D eigenvalue weighted by molar-refractivity contribution is 6.06. The second kappa shape index (κ2) is 5.59. The van der Waals surface area contributed by atoms with Crippen LogP contribution >= 0.6 is 0 Å². The molecule has 0 aromatic rings. The zero-order valence-corrected chi connectivity index (χ0v) is 11.8. The highest BCUT2D eigenvalue weighted by Crippen LogP contribution is 2.31. The third kappa shape index (κ3) is 2.44. The van der Waals surface area contributed by atoms with Gasteiger partial charge in [-0.05, 0) is 46.5 Å². The molecule has 1 unspecified atom stereocenters. The van der Waals surface area contributed by atoms with Crippen LogP contribution in [0.5, 0.6) is 0 Å². The van der Waals surface area contributed by atoms with Crippen LogP contribution in [0.1, 0.15) is 53.4 Å². The third-order valence-electron chi connectivity index (χ3n) is 4.28. The molecule has 5 nitrogen and oxygen atoms in total. The number of hydrogen-bond acceptors (Lipinski definition) is 3. The number of nitrogens with zero attached hydrogens (tertiary/aromatic N) is 2. The molecule has 0 radical (unpaired) electrons. The van der Waals surface area contributed by atoms with Crippen LogP contribution in [0.15, 0.2) is 5.16 Å². The van der Waals surface area contributed by atoms with Gasteiger partial charge in [-0.15, -0.1) is 0 Å². The molecule has 104 valence electrons. The van der Waals surface area contributed by atoms with E-state index in [4.69, 9.17) is 10.9 Å². The molecule has 1 fully saturated rings. The average molecular weight is 255 g/mol. The van der Waals surface area contributed by atoms with Crippen LogP contribution in [0.25, 0.3) is 0 Å². The van der Waals surface area contributed by atoms with Gasteiger partial charge in [0.1, 0.15) is 5.41 Å². The van der Waals surface area contributed by atoms with Gasteiger partial charge in [0.05, 0.1) is 0 Å². The summed E-state index contributed by atoms with van der Waals surface area (Å²) in [4.78, 5) is 14.6. The van der Waals surface area contributed by atoms with Gasteiger partial charge in [0.15, 0.2) is 5.84 Å². The number of nitrogens with two attached hydrogens (primary N) is 1. The van der Waals surface area contributed by atoms with E-state index in [1.54, 1.807) is 6.92 Å². The van der Waals surface area contributed by atoms with Gasteiger partial charge in [-0.1, -0.05) is 12.1 Å². The molecule has 0 spiro atoms. The van der Waals surface area contributed by atoms with E-state index >= 15 is 0 Å². The Morgan fingerprint density at radius 2 is 1.94 bits per heavy atom. The summed E-state index contributed by atoms with van der Waals surface area (Å²) in [6.07, 6.45) is 3.72. The van der Waals surface area contributed by atoms with Gasteiger partial charge in [-0.3, -0.25) is 4.79 Å². The number of oxime groups is 1. The van der Waals surface area contributed by atoms with Gasteiger partial charge in [0, 0.05) is 12.1 Å². The number of carbonyl (C=O) groups excluding carboxylic acids is 1. The zero-order valence-electron chi connectivity index (χ0n) is 11.8. The molecule has 1 saturated heterocycles. The van der Waals surface area contributed by atoms with E-state index in [-0.39, 0.29) is 23.8 Å². The second-order valence-electron chi connectivity index (χ2n) is 5.51. The van der Waals surface area contributed by atoms with Gasteiger partial charge in [0.25, 0.3) is 0 Å². The fraction of sp³-hybridized carbons (Fsp3) is 0.846. The molecule has 0 aromatic heterocycles. The maximum atomic E-state index is 12.7. The monoisotopic (exact) mass is 255 g/mol. The van der Waals surface area contributed by atoms with Gasteiger partial charge in [-0.25, -0.2) is 0 Å². The molecule has 0 aromatic carbocycles. The van der Waals surface area contributed by atoms with E-state index in [1.807, 2.05) is 11.8 Å². The van der Waals surface area contributed by atoms with Crippen molar-refractivity contribution < 1.29 is 10.0 Å². The molecule has 1 aliphatic heterocycles. The van der Waals surface area contributed by atoms with Crippen molar-refractivity contribution in [3.8, 4) is 0 Å². The number of carbonyl (C=O) groups is 1. The Labute approximate surface area is 109 Å². The highest BCUT2D eigenvalue weighted by atomic mass is 16.4. The molecule has 0 bridgehead atoms. The van der Waals surface area contributed by atoms with E-state index in [2.05, 4.69) is 19.0 Å². The van der Waals surface area contributed by atoms with Crippen molar-refractivity contribution in [2.75, 3.05) is 0 Å². The molecule has 18 heavy (non-hydrogen) atoms. The smallest absolute Gasteiger partial charge is 0.236 e. The third-order valence-corrected chi connectivity index (χ3v) is 4.28. The van der Waals surface area contributed by atoms with E-state index in [9.17, 15) is 4.79 Å². The average Bonchev–Trinajstić information content (AvgIpc) is 2.36. The lowest BCUT2D eigenvalue weighted by molar-refractivity contribution is -0.144. The van der Waals surface area contributed by atoms with E-state index in [0.29, 0.717) is 6.42 Å². The van der Waals surface area contributed by atoms with Crippen LogP contribution in [-0.2, 0) is 4.79 Å². The molecule has 3 atom stereocenters. The van der Waals surface area contributed by atoms with Crippen molar-refractivity contribution in [3.05, 3.63) is 0 Å². The van der Waals surface area contributed by atoms with Gasteiger partial charge in [-0.2, -0.15) is 0 Å². The maximum Gasteiger partial charge on any atom is 0.236 e. The normalized spacial score (nSPS) is 28.9. The molecule has 1 rings (SSSR count). The second-order valence-corrected chi connectivity index (χ2v) is 5.51. The van der Waals surface area contributed by atoms with Gasteiger partial charge < -0.3 is 15.8 Å². The molecule has 3 N–H and O–H groups in total. The minimum atomic E-state index is -0.908. The molecule has 5 heteroatoms. The van der Waals surface area contributed by atoms with Crippen molar-refractivity contribution in [2.24, 2.45) is 16.3 Å². The van der Waals surface area contributed by atoms with Gasteiger partial charge >= 0.3 is 0 Å². The summed E-state index contributed by atoms with van der Waals surface area (Å²) < 4.78 is 0. The minimum Gasteiger partial charge on any atom is -0.409 e. The van der Waals surface area contributed by atoms with E-state index in [1.165, 1.54) is 0 Å². The van der Waals surface area contributed by atoms with E-state index in [0.717, 1.165) is 19.3 Å². The lowest BCUT2D eigenvalue weighted by Crippen LogP contribution is -2.56. The Kier molecular flexibility index (Phi) is 4.59. The lowest BCUT2D eigenvalue weighted by atomic mass is 9.82. The quantitative estimate of drug-likeness (QED) is 0.350. The molecular weight excluding hydrogens is 230 g/mol. The SMILES string of the molecule is CCC(C)(C(=O)N1[C@H](C)CCC[C@@H]1C)C(N)=NO. The topological polar surface area (TPSA) is 78.9 Å². The Balaban J connectivity index is 3.03. The summed E-state index contributed by atoms with van der Waals surface area (Å²) in [5.41, 5.74) is 4.80. The first-order chi connectivity index (χ1) is 8.38. The van der Waals surface area contributed by atoms with Crippen molar-refractivity contribution >= 4 is 11.7 Å². The number of amidine groups is 1. The van der Waals surface area contributed by atoms with Crippen molar-refractivity contribution in [3.63, 3.8) is 0 Å². The van der Waals surface area contributed by atoms with Crippen LogP contribution in [0, 0.1) is 5.41 Å². The van der Waals surface area contributed by atoms with Crippen molar-refractivity contribution in [1.29, 1.82) is 0 Å². The zero-order chi connectivity index (χ0) is 13.9. The van der Waals surface area contributed by atoms with Crippen LogP contribution in [0.3, 0.4) is 0 Å². The first kappa shape index (κ1) is 14.8. The van der Waals surface area contributed by atoms with Crippen LogP contribution in [-0.4, -0.2) is 33.9 Å². The summed E-state index contributed by atoms with van der Waals surface area (Å²) >= 11 is 0. The number of likely N-dealkylation sites (tertiary alicyclic amines) is 1. The molecule has 0 saturated carbocycles. The Morgan fingerprint density at radius 3 is 2.33 bits per heavy atom. The summed E-state index contributed by atoms with van der Waals surface area (Å²) in [6.45, 7) is 7.76. The number of rotatable bonds is 3. The summed E-state index contributed by atoms with van der Waals surface area (Å²) in [7, 11) is 0. The number of piperidine rings is 1. The van der Waals surface area contributed by atoms with Crippen molar-refractivity contribution in [1.82, 2.24) is 4.90 Å². The highest BCUT2D eigenvalue weighted by Gasteiger charge is 2.43. The van der Waals surface area contributed by atoms with E-state index < -0.39 is 5.41 Å².